The van der Waals surface area contributed by atoms with Crippen LogP contribution in [0.15, 0.2) is 36.4 Å². The summed E-state index contributed by atoms with van der Waals surface area (Å²) in [4.78, 5) is 25.8. The normalized spacial score (nSPS) is 23.2. The Morgan fingerprint density at radius 2 is 2.04 bits per heavy atom. The van der Waals surface area contributed by atoms with Crippen molar-refractivity contribution < 1.29 is 27.8 Å². The summed E-state index contributed by atoms with van der Waals surface area (Å²) in [5.74, 6) is -2.04. The maximum absolute atomic E-state index is 13.7. The van der Waals surface area contributed by atoms with Gasteiger partial charge in [-0.25, -0.2) is 18.4 Å². The molecule has 0 aliphatic carbocycles. The molecule has 2 bridgehead atoms. The number of urea groups is 1. The molecule has 1 fully saturated rings. The molecule has 2 unspecified atom stereocenters. The second-order valence-electron chi connectivity index (χ2n) is 6.66. The van der Waals surface area contributed by atoms with Crippen molar-refractivity contribution in [3.63, 3.8) is 0 Å². The Balaban J connectivity index is 1.76. The van der Waals surface area contributed by atoms with Gasteiger partial charge in [0.2, 0.25) is 0 Å². The van der Waals surface area contributed by atoms with Gasteiger partial charge in [-0.2, -0.15) is 0 Å². The van der Waals surface area contributed by atoms with Gasteiger partial charge in [0.25, 0.3) is 0 Å². The number of methoxy groups -OCH3 is 1. The molecule has 2 aliphatic heterocycles. The van der Waals surface area contributed by atoms with Crippen LogP contribution in [0.5, 0.6) is 5.75 Å². The van der Waals surface area contributed by atoms with E-state index in [0.717, 1.165) is 12.1 Å². The highest BCUT2D eigenvalue weighted by molar-refractivity contribution is 5.95. The molecule has 6 nitrogen and oxygen atoms in total. The van der Waals surface area contributed by atoms with Crippen molar-refractivity contribution in [1.29, 1.82) is 0 Å². The molecule has 2 aromatic rings. The average molecular weight is 374 g/mol. The van der Waals surface area contributed by atoms with E-state index in [-0.39, 0.29) is 5.69 Å². The van der Waals surface area contributed by atoms with Gasteiger partial charge >= 0.3 is 12.0 Å². The van der Waals surface area contributed by atoms with E-state index in [1.165, 1.54) is 18.1 Å². The topological polar surface area (TPSA) is 67.9 Å². The van der Waals surface area contributed by atoms with E-state index in [2.05, 4.69) is 5.32 Å². The number of carbonyl (C=O) groups is 2. The van der Waals surface area contributed by atoms with E-state index < -0.39 is 35.4 Å². The zero-order valence-electron chi connectivity index (χ0n) is 14.6. The second-order valence-corrected chi connectivity index (χ2v) is 6.66. The average Bonchev–Trinajstić information content (AvgIpc) is 2.63. The first kappa shape index (κ1) is 17.3. The van der Waals surface area contributed by atoms with E-state index in [0.29, 0.717) is 23.3 Å². The molecule has 4 rings (SSSR count). The van der Waals surface area contributed by atoms with Gasteiger partial charge in [-0.1, -0.05) is 0 Å². The molecule has 2 amide bonds. The number of anilines is 1. The van der Waals surface area contributed by atoms with Crippen LogP contribution in [-0.2, 0) is 4.74 Å². The number of carbonyl (C=O) groups excluding carboxylic acids is 2. The van der Waals surface area contributed by atoms with Crippen molar-refractivity contribution in [3.05, 3.63) is 59.2 Å². The lowest BCUT2D eigenvalue weighted by Crippen LogP contribution is -2.65. The monoisotopic (exact) mass is 374 g/mol. The third kappa shape index (κ3) is 2.68. The lowest BCUT2D eigenvalue weighted by molar-refractivity contribution is 0.0377. The number of fused-ring (bicyclic) bond motifs is 4. The van der Waals surface area contributed by atoms with Crippen molar-refractivity contribution in [2.45, 2.75) is 25.1 Å². The minimum absolute atomic E-state index is 0.182. The van der Waals surface area contributed by atoms with Crippen molar-refractivity contribution in [3.8, 4) is 5.75 Å². The van der Waals surface area contributed by atoms with Gasteiger partial charge in [0.15, 0.2) is 17.4 Å². The fourth-order valence-corrected chi connectivity index (χ4v) is 3.63. The number of hydrogen-bond donors (Lipinski definition) is 1. The van der Waals surface area contributed by atoms with Crippen LogP contribution in [0.3, 0.4) is 0 Å². The Morgan fingerprint density at radius 3 is 2.74 bits per heavy atom. The molecule has 1 N–H and O–H groups in total. The van der Waals surface area contributed by atoms with Crippen LogP contribution < -0.4 is 15.0 Å². The highest BCUT2D eigenvalue weighted by Crippen LogP contribution is 2.45. The Bertz CT molecular complexity index is 965. The molecule has 2 atom stereocenters. The molecular weight excluding hydrogens is 358 g/mol. The number of benzene rings is 2. The Morgan fingerprint density at radius 1 is 1.26 bits per heavy atom. The van der Waals surface area contributed by atoms with Crippen LogP contribution in [0.2, 0.25) is 0 Å². The summed E-state index contributed by atoms with van der Waals surface area (Å²) in [5, 5.41) is 2.83. The van der Waals surface area contributed by atoms with Crippen LogP contribution in [-0.4, -0.2) is 24.8 Å². The van der Waals surface area contributed by atoms with Gasteiger partial charge in [-0.3, -0.25) is 4.90 Å². The minimum atomic E-state index is -1.10. The van der Waals surface area contributed by atoms with Gasteiger partial charge in [0.05, 0.1) is 24.4 Å². The molecule has 1 saturated heterocycles. The van der Waals surface area contributed by atoms with E-state index in [9.17, 15) is 18.4 Å². The molecule has 2 heterocycles. The smallest absolute Gasteiger partial charge is 0.337 e. The first-order valence-corrected chi connectivity index (χ1v) is 8.29. The van der Waals surface area contributed by atoms with Crippen LogP contribution in [0.25, 0.3) is 0 Å². The van der Waals surface area contributed by atoms with Gasteiger partial charge in [-0.05, 0) is 37.3 Å². The lowest BCUT2D eigenvalue weighted by Gasteiger charge is -2.50. The van der Waals surface area contributed by atoms with Crippen molar-refractivity contribution in [2.75, 3.05) is 12.0 Å². The predicted molar refractivity (Wildman–Crippen MR) is 91.5 cm³/mol. The maximum Gasteiger partial charge on any atom is 0.337 e. The van der Waals surface area contributed by atoms with Crippen LogP contribution in [0, 0.1) is 11.6 Å². The largest absolute Gasteiger partial charge is 0.467 e. The fourth-order valence-electron chi connectivity index (χ4n) is 3.63. The van der Waals surface area contributed by atoms with Crippen LogP contribution >= 0.6 is 0 Å². The van der Waals surface area contributed by atoms with Gasteiger partial charge < -0.3 is 14.8 Å². The molecule has 140 valence electrons. The zero-order chi connectivity index (χ0) is 19.3. The summed E-state index contributed by atoms with van der Waals surface area (Å²) < 4.78 is 37.7. The molecular formula is C19H16F2N2O4. The molecule has 8 heteroatoms. The fraction of sp³-hybridized carbons (Fsp3) is 0.263. The molecule has 2 aliphatic rings. The first-order chi connectivity index (χ1) is 12.8. The summed E-state index contributed by atoms with van der Waals surface area (Å²) in [6.45, 7) is 1.71. The van der Waals surface area contributed by atoms with Crippen molar-refractivity contribution in [2.24, 2.45) is 0 Å². The second kappa shape index (κ2) is 5.94. The van der Waals surface area contributed by atoms with Crippen molar-refractivity contribution in [1.82, 2.24) is 5.32 Å². The molecule has 0 radical (unpaired) electrons. The number of ether oxygens (including phenoxy) is 2. The number of nitrogens with zero attached hydrogens (tertiary/aromatic N) is 1. The SMILES string of the molecule is COC(=O)c1ccc2c(c1)C1CC(C)(O2)N(c2ccc(F)c(F)c2)C(=O)N1. The number of rotatable bonds is 2. The number of halogens is 2. The molecule has 0 aromatic heterocycles. The van der Waals surface area contributed by atoms with Gasteiger partial charge in [0, 0.05) is 18.1 Å². The van der Waals surface area contributed by atoms with Crippen LogP contribution in [0.1, 0.15) is 35.3 Å². The minimum Gasteiger partial charge on any atom is -0.467 e. The Kier molecular flexibility index (Phi) is 3.80. The lowest BCUT2D eigenvalue weighted by atomic mass is 9.89. The van der Waals surface area contributed by atoms with Crippen LogP contribution in [0.4, 0.5) is 19.3 Å². The standard InChI is InChI=1S/C19H16F2N2O4/c1-19-9-15(12-7-10(17(24)26-2)3-6-16(12)27-19)22-18(25)23(19)11-4-5-13(20)14(21)8-11/h3-8,15H,9H2,1-2H3,(H,22,25). The predicted octanol–water partition coefficient (Wildman–Crippen LogP) is 3.52. The summed E-state index contributed by atoms with van der Waals surface area (Å²) in [6.07, 6.45) is 0.357. The van der Waals surface area contributed by atoms with E-state index in [4.69, 9.17) is 9.47 Å². The third-order valence-electron chi connectivity index (χ3n) is 4.85. The molecule has 0 spiro atoms. The summed E-state index contributed by atoms with van der Waals surface area (Å²) in [7, 11) is 1.29. The van der Waals surface area contributed by atoms with Gasteiger partial charge in [0.1, 0.15) is 5.75 Å². The highest BCUT2D eigenvalue weighted by atomic mass is 19.2. The van der Waals surface area contributed by atoms with E-state index >= 15 is 0 Å². The highest BCUT2D eigenvalue weighted by Gasteiger charge is 2.50. The first-order valence-electron chi connectivity index (χ1n) is 8.29. The Hall–Kier alpha value is -3.16. The zero-order valence-corrected chi connectivity index (χ0v) is 14.6. The summed E-state index contributed by atoms with van der Waals surface area (Å²) in [6, 6.07) is 7.17. The van der Waals surface area contributed by atoms with Crippen molar-refractivity contribution >= 4 is 17.7 Å². The van der Waals surface area contributed by atoms with E-state index in [1.54, 1.807) is 25.1 Å². The number of amides is 2. The van der Waals surface area contributed by atoms with E-state index in [1.807, 2.05) is 0 Å². The number of esters is 1. The summed E-state index contributed by atoms with van der Waals surface area (Å²) in [5.41, 5.74) is 0.0909. The molecule has 27 heavy (non-hydrogen) atoms. The maximum atomic E-state index is 13.7. The number of hydrogen-bond acceptors (Lipinski definition) is 4. The Labute approximate surface area is 153 Å². The molecule has 2 aromatic carbocycles. The number of nitrogens with one attached hydrogen (secondary N) is 1. The molecule has 0 saturated carbocycles. The quantitative estimate of drug-likeness (QED) is 0.817. The summed E-state index contributed by atoms with van der Waals surface area (Å²) >= 11 is 0. The third-order valence-corrected chi connectivity index (χ3v) is 4.85. The van der Waals surface area contributed by atoms with Gasteiger partial charge in [-0.15, -0.1) is 0 Å².